The van der Waals surface area contributed by atoms with E-state index in [1.54, 1.807) is 0 Å². The molecule has 0 radical (unpaired) electrons. The summed E-state index contributed by atoms with van der Waals surface area (Å²) in [5.74, 6) is 0. The Hall–Kier alpha value is -1.35. The zero-order valence-corrected chi connectivity index (χ0v) is 15.0. The van der Waals surface area contributed by atoms with Gasteiger partial charge in [-0.25, -0.2) is 4.99 Å². The van der Waals surface area contributed by atoms with Gasteiger partial charge in [0, 0.05) is 13.1 Å². The fourth-order valence-electron chi connectivity index (χ4n) is 4.66. The van der Waals surface area contributed by atoms with Crippen LogP contribution in [-0.2, 0) is 16.8 Å². The Morgan fingerprint density at radius 1 is 1.04 bits per heavy atom. The van der Waals surface area contributed by atoms with E-state index in [0.29, 0.717) is 0 Å². The normalized spacial score (nSPS) is 23.6. The number of hydrogen-bond acceptors (Lipinski definition) is 2. The van der Waals surface area contributed by atoms with E-state index < -0.39 is 0 Å². The summed E-state index contributed by atoms with van der Waals surface area (Å²) < 4.78 is 6.34. The summed E-state index contributed by atoms with van der Waals surface area (Å²) in [6, 6.07) is 4.71. The molecule has 2 aliphatic heterocycles. The third-order valence-electron chi connectivity index (χ3n) is 6.07. The lowest BCUT2D eigenvalue weighted by molar-refractivity contribution is -0.0847. The minimum absolute atomic E-state index is 0.00566. The molecule has 0 N–H and O–H groups in total. The van der Waals surface area contributed by atoms with Crippen LogP contribution in [0.2, 0.25) is 0 Å². The lowest BCUT2D eigenvalue weighted by atomic mass is 9.75. The SMILES string of the molecule is Cc1cc2c(cc1/N=C/N1CCCCC1)CCOC21CCCCC1. The molecule has 1 aliphatic carbocycles. The third-order valence-corrected chi connectivity index (χ3v) is 6.07. The first-order valence-electron chi connectivity index (χ1n) is 9.83. The predicted octanol–water partition coefficient (Wildman–Crippen LogP) is 4.87. The molecule has 1 aromatic rings. The van der Waals surface area contributed by atoms with Gasteiger partial charge in [-0.15, -0.1) is 0 Å². The molecule has 0 bridgehead atoms. The molecular formula is C21H30N2O. The highest BCUT2D eigenvalue weighted by Crippen LogP contribution is 2.45. The second-order valence-corrected chi connectivity index (χ2v) is 7.79. The number of benzene rings is 1. The fraction of sp³-hybridized carbons (Fsp3) is 0.667. The van der Waals surface area contributed by atoms with Crippen molar-refractivity contribution in [1.82, 2.24) is 4.90 Å². The van der Waals surface area contributed by atoms with Crippen LogP contribution in [0.5, 0.6) is 0 Å². The molecule has 130 valence electrons. The molecule has 24 heavy (non-hydrogen) atoms. The Bertz CT molecular complexity index is 611. The van der Waals surface area contributed by atoms with Crippen LogP contribution >= 0.6 is 0 Å². The van der Waals surface area contributed by atoms with E-state index in [2.05, 4.69) is 30.3 Å². The van der Waals surface area contributed by atoms with E-state index >= 15 is 0 Å². The molecule has 1 spiro atoms. The molecule has 1 saturated heterocycles. The van der Waals surface area contributed by atoms with Crippen molar-refractivity contribution in [2.45, 2.75) is 70.3 Å². The van der Waals surface area contributed by atoms with Crippen LogP contribution in [0.4, 0.5) is 5.69 Å². The maximum absolute atomic E-state index is 6.34. The Morgan fingerprint density at radius 2 is 1.79 bits per heavy atom. The van der Waals surface area contributed by atoms with Gasteiger partial charge in [-0.05, 0) is 68.2 Å². The molecule has 1 aromatic carbocycles. The van der Waals surface area contributed by atoms with Gasteiger partial charge in [0.05, 0.1) is 24.2 Å². The van der Waals surface area contributed by atoms with Gasteiger partial charge in [0.1, 0.15) is 0 Å². The number of fused-ring (bicyclic) bond motifs is 2. The second kappa shape index (κ2) is 6.87. The number of likely N-dealkylation sites (tertiary alicyclic amines) is 1. The molecule has 0 amide bonds. The average Bonchev–Trinajstić information content (AvgIpc) is 2.63. The highest BCUT2D eigenvalue weighted by molar-refractivity contribution is 5.64. The number of nitrogens with zero attached hydrogens (tertiary/aromatic N) is 2. The Kier molecular flexibility index (Phi) is 4.62. The Balaban J connectivity index is 1.61. The van der Waals surface area contributed by atoms with Gasteiger partial charge < -0.3 is 9.64 Å². The van der Waals surface area contributed by atoms with Crippen LogP contribution in [-0.4, -0.2) is 30.9 Å². The predicted molar refractivity (Wildman–Crippen MR) is 99.2 cm³/mol. The van der Waals surface area contributed by atoms with Crippen LogP contribution in [0, 0.1) is 6.92 Å². The van der Waals surface area contributed by atoms with Crippen molar-refractivity contribution in [2.75, 3.05) is 19.7 Å². The molecule has 3 heteroatoms. The van der Waals surface area contributed by atoms with Crippen LogP contribution in [0.1, 0.15) is 68.1 Å². The van der Waals surface area contributed by atoms with Crippen LogP contribution in [0.3, 0.4) is 0 Å². The maximum atomic E-state index is 6.34. The molecule has 2 fully saturated rings. The summed E-state index contributed by atoms with van der Waals surface area (Å²) >= 11 is 0. The zero-order valence-electron chi connectivity index (χ0n) is 15.0. The number of aryl methyl sites for hydroxylation is 1. The first-order chi connectivity index (χ1) is 11.8. The second-order valence-electron chi connectivity index (χ2n) is 7.79. The largest absolute Gasteiger partial charge is 0.370 e. The van der Waals surface area contributed by atoms with Gasteiger partial charge in [0.15, 0.2) is 0 Å². The average molecular weight is 326 g/mol. The van der Waals surface area contributed by atoms with Crippen molar-refractivity contribution in [3.05, 3.63) is 28.8 Å². The lowest BCUT2D eigenvalue weighted by Crippen LogP contribution is -2.37. The van der Waals surface area contributed by atoms with Crippen molar-refractivity contribution < 1.29 is 4.74 Å². The zero-order chi connectivity index (χ0) is 16.4. The quantitative estimate of drug-likeness (QED) is 0.572. The van der Waals surface area contributed by atoms with Gasteiger partial charge in [0.25, 0.3) is 0 Å². The van der Waals surface area contributed by atoms with E-state index in [1.807, 2.05) is 0 Å². The highest BCUT2D eigenvalue weighted by atomic mass is 16.5. The van der Waals surface area contributed by atoms with Gasteiger partial charge >= 0.3 is 0 Å². The molecule has 0 aromatic heterocycles. The van der Waals surface area contributed by atoms with Crippen LogP contribution < -0.4 is 0 Å². The van der Waals surface area contributed by atoms with Crippen LogP contribution in [0.25, 0.3) is 0 Å². The highest BCUT2D eigenvalue weighted by Gasteiger charge is 2.39. The molecule has 0 atom stereocenters. The molecule has 2 heterocycles. The Labute approximate surface area is 146 Å². The standard InChI is InChI=1S/C21H30N2O/c1-17-14-19-18(8-13-24-21(19)9-4-2-5-10-21)15-20(17)22-16-23-11-6-3-7-12-23/h14-16H,2-13H2,1H3/b22-16+. The monoisotopic (exact) mass is 326 g/mol. The summed E-state index contributed by atoms with van der Waals surface area (Å²) in [6.45, 7) is 5.38. The van der Waals surface area contributed by atoms with Crippen molar-refractivity contribution in [2.24, 2.45) is 4.99 Å². The summed E-state index contributed by atoms with van der Waals surface area (Å²) in [6.07, 6.45) is 13.4. The van der Waals surface area contributed by atoms with Crippen molar-refractivity contribution in [3.63, 3.8) is 0 Å². The molecule has 0 unspecified atom stereocenters. The molecule has 3 nitrogen and oxygen atoms in total. The molecular weight excluding hydrogens is 296 g/mol. The first kappa shape index (κ1) is 16.1. The van der Waals surface area contributed by atoms with Crippen molar-refractivity contribution >= 4 is 12.0 Å². The van der Waals surface area contributed by atoms with Gasteiger partial charge in [-0.3, -0.25) is 0 Å². The van der Waals surface area contributed by atoms with Gasteiger partial charge in [0.2, 0.25) is 0 Å². The number of ether oxygens (including phenoxy) is 1. The summed E-state index contributed by atoms with van der Waals surface area (Å²) in [7, 11) is 0. The first-order valence-corrected chi connectivity index (χ1v) is 9.83. The summed E-state index contributed by atoms with van der Waals surface area (Å²) in [4.78, 5) is 7.20. The summed E-state index contributed by atoms with van der Waals surface area (Å²) in [5, 5.41) is 0. The van der Waals surface area contributed by atoms with Crippen molar-refractivity contribution in [3.8, 4) is 0 Å². The summed E-state index contributed by atoms with van der Waals surface area (Å²) in [5.41, 5.74) is 5.37. The van der Waals surface area contributed by atoms with E-state index in [9.17, 15) is 0 Å². The minimum atomic E-state index is 0.00566. The van der Waals surface area contributed by atoms with E-state index in [-0.39, 0.29) is 5.60 Å². The lowest BCUT2D eigenvalue weighted by Gasteiger charge is -2.42. The number of piperidine rings is 1. The topological polar surface area (TPSA) is 24.8 Å². The van der Waals surface area contributed by atoms with E-state index in [4.69, 9.17) is 9.73 Å². The molecule has 4 rings (SSSR count). The smallest absolute Gasteiger partial charge is 0.0934 e. The van der Waals surface area contributed by atoms with Crippen molar-refractivity contribution in [1.29, 1.82) is 0 Å². The molecule has 1 saturated carbocycles. The fourth-order valence-corrected chi connectivity index (χ4v) is 4.66. The number of rotatable bonds is 2. The van der Waals surface area contributed by atoms with Crippen LogP contribution in [0.15, 0.2) is 17.1 Å². The maximum Gasteiger partial charge on any atom is 0.0934 e. The third kappa shape index (κ3) is 3.11. The number of hydrogen-bond donors (Lipinski definition) is 0. The Morgan fingerprint density at radius 3 is 2.58 bits per heavy atom. The van der Waals surface area contributed by atoms with Gasteiger partial charge in [-0.2, -0.15) is 0 Å². The molecule has 3 aliphatic rings. The van der Waals surface area contributed by atoms with Gasteiger partial charge in [-0.1, -0.05) is 25.3 Å². The van der Waals surface area contributed by atoms with E-state index in [1.165, 1.54) is 68.1 Å². The minimum Gasteiger partial charge on any atom is -0.370 e. The van der Waals surface area contributed by atoms with E-state index in [0.717, 1.165) is 31.8 Å². The number of aliphatic imine (C=N–C) groups is 1.